The third-order valence-electron chi connectivity index (χ3n) is 4.98. The summed E-state index contributed by atoms with van der Waals surface area (Å²) in [5.74, 6) is -0.419. The van der Waals surface area contributed by atoms with E-state index in [2.05, 4.69) is 4.98 Å². The summed E-state index contributed by atoms with van der Waals surface area (Å²) in [7, 11) is 0. The lowest BCUT2D eigenvalue weighted by Gasteiger charge is -2.27. The molecule has 4 nitrogen and oxygen atoms in total. The molecule has 0 aliphatic rings. The van der Waals surface area contributed by atoms with Crippen LogP contribution < -0.4 is 4.90 Å². The van der Waals surface area contributed by atoms with Gasteiger partial charge in [-0.25, -0.2) is 4.39 Å². The molecule has 146 valence electrons. The van der Waals surface area contributed by atoms with Crippen LogP contribution in [0.1, 0.15) is 29.9 Å². The van der Waals surface area contributed by atoms with Gasteiger partial charge in [-0.3, -0.25) is 9.78 Å². The maximum Gasteiger partial charge on any atom is 0.275 e. The van der Waals surface area contributed by atoms with Gasteiger partial charge in [0.2, 0.25) is 0 Å². The lowest BCUT2D eigenvalue weighted by Crippen LogP contribution is -2.38. The molecule has 0 unspecified atom stereocenters. The van der Waals surface area contributed by atoms with Crippen molar-refractivity contribution in [2.24, 2.45) is 0 Å². The summed E-state index contributed by atoms with van der Waals surface area (Å²) in [5, 5.41) is 0.946. The molecule has 0 aliphatic carbocycles. The number of para-hydroxylation sites is 1. The van der Waals surface area contributed by atoms with Gasteiger partial charge in [-0.15, -0.1) is 0 Å². The number of aromatic nitrogens is 2. The largest absolute Gasteiger partial charge is 0.332 e. The number of nitrogens with zero attached hydrogens (tertiary/aromatic N) is 3. The highest BCUT2D eigenvalue weighted by Gasteiger charge is 2.25. The Hall–Kier alpha value is -3.47. The van der Waals surface area contributed by atoms with Crippen LogP contribution in [0.4, 0.5) is 10.1 Å². The molecule has 5 heteroatoms. The first-order valence-corrected chi connectivity index (χ1v) is 9.61. The average Bonchev–Trinajstić information content (AvgIpc) is 3.09. The number of hydrogen-bond acceptors (Lipinski definition) is 2. The molecular weight excluding hydrogens is 365 g/mol. The van der Waals surface area contributed by atoms with E-state index in [0.29, 0.717) is 11.3 Å². The second-order valence-corrected chi connectivity index (χ2v) is 7.25. The summed E-state index contributed by atoms with van der Waals surface area (Å²) < 4.78 is 16.2. The summed E-state index contributed by atoms with van der Waals surface area (Å²) in [6, 6.07) is 19.9. The van der Waals surface area contributed by atoms with Crippen LogP contribution in [0.3, 0.4) is 0 Å². The van der Waals surface area contributed by atoms with Gasteiger partial charge in [0, 0.05) is 28.7 Å². The minimum Gasteiger partial charge on any atom is -0.332 e. The zero-order valence-electron chi connectivity index (χ0n) is 16.4. The third kappa shape index (κ3) is 3.63. The molecule has 2 aromatic heterocycles. The summed E-state index contributed by atoms with van der Waals surface area (Å²) in [6.07, 6.45) is 3.36. The summed E-state index contributed by atoms with van der Waals surface area (Å²) >= 11 is 0. The van der Waals surface area contributed by atoms with Crippen molar-refractivity contribution in [3.05, 3.63) is 96.2 Å². The monoisotopic (exact) mass is 387 g/mol. The predicted octanol–water partition coefficient (Wildman–Crippen LogP) is 5.28. The van der Waals surface area contributed by atoms with E-state index in [9.17, 15) is 9.18 Å². The Kier molecular flexibility index (Phi) is 5.12. The molecule has 4 aromatic rings. The smallest absolute Gasteiger partial charge is 0.275 e. The zero-order chi connectivity index (χ0) is 20.4. The van der Waals surface area contributed by atoms with Crippen molar-refractivity contribution >= 4 is 22.5 Å². The lowest BCUT2D eigenvalue weighted by atomic mass is 10.2. The normalized spacial score (nSPS) is 11.2. The van der Waals surface area contributed by atoms with E-state index in [0.717, 1.165) is 16.6 Å². The van der Waals surface area contributed by atoms with Crippen LogP contribution in [-0.2, 0) is 6.54 Å². The number of hydrogen-bond donors (Lipinski definition) is 0. The van der Waals surface area contributed by atoms with Crippen LogP contribution in [0, 0.1) is 5.82 Å². The van der Waals surface area contributed by atoms with Gasteiger partial charge in [-0.05, 0) is 44.2 Å². The number of rotatable bonds is 5. The highest BCUT2D eigenvalue weighted by atomic mass is 19.1. The fourth-order valence-corrected chi connectivity index (χ4v) is 3.62. The predicted molar refractivity (Wildman–Crippen MR) is 114 cm³/mol. The van der Waals surface area contributed by atoms with Gasteiger partial charge in [0.05, 0.1) is 18.4 Å². The number of pyridine rings is 1. The number of carbonyl (C=O) groups is 1. The van der Waals surface area contributed by atoms with Crippen molar-refractivity contribution in [3.8, 4) is 0 Å². The van der Waals surface area contributed by atoms with E-state index < -0.39 is 0 Å². The van der Waals surface area contributed by atoms with Crippen molar-refractivity contribution in [1.29, 1.82) is 0 Å². The van der Waals surface area contributed by atoms with E-state index in [-0.39, 0.29) is 24.3 Å². The summed E-state index contributed by atoms with van der Waals surface area (Å²) in [5.41, 5.74) is 2.69. The molecule has 1 amide bonds. The Bertz CT molecular complexity index is 1150. The minimum atomic E-state index is -0.281. The number of anilines is 1. The second-order valence-electron chi connectivity index (χ2n) is 7.25. The number of amides is 1. The lowest BCUT2D eigenvalue weighted by molar-refractivity contribution is 0.0972. The van der Waals surface area contributed by atoms with Crippen molar-refractivity contribution < 1.29 is 9.18 Å². The Morgan fingerprint density at radius 2 is 1.83 bits per heavy atom. The van der Waals surface area contributed by atoms with Crippen molar-refractivity contribution in [1.82, 2.24) is 9.55 Å². The Balaban J connectivity index is 1.84. The first kappa shape index (κ1) is 18.9. The summed E-state index contributed by atoms with van der Waals surface area (Å²) in [4.78, 5) is 19.5. The van der Waals surface area contributed by atoms with Crippen molar-refractivity contribution in [2.45, 2.75) is 26.4 Å². The molecule has 4 rings (SSSR count). The molecule has 0 atom stereocenters. The molecule has 0 saturated heterocycles. The van der Waals surface area contributed by atoms with Crippen LogP contribution in [0.15, 0.2) is 79.1 Å². The van der Waals surface area contributed by atoms with Crippen molar-refractivity contribution in [2.75, 3.05) is 4.90 Å². The van der Waals surface area contributed by atoms with Crippen LogP contribution >= 0.6 is 0 Å². The number of benzene rings is 2. The second kappa shape index (κ2) is 7.87. The zero-order valence-corrected chi connectivity index (χ0v) is 16.4. The Morgan fingerprint density at radius 1 is 1.07 bits per heavy atom. The van der Waals surface area contributed by atoms with E-state index >= 15 is 0 Å². The number of halogens is 1. The molecule has 29 heavy (non-hydrogen) atoms. The van der Waals surface area contributed by atoms with Crippen LogP contribution in [0.5, 0.6) is 0 Å². The maximum absolute atomic E-state index is 14.3. The van der Waals surface area contributed by atoms with Crippen LogP contribution in [-0.4, -0.2) is 21.5 Å². The maximum atomic E-state index is 14.3. The third-order valence-corrected chi connectivity index (χ3v) is 4.98. The van der Waals surface area contributed by atoms with Crippen LogP contribution in [0.2, 0.25) is 0 Å². The average molecular weight is 387 g/mol. The topological polar surface area (TPSA) is 38.1 Å². The highest BCUT2D eigenvalue weighted by molar-refractivity contribution is 6.08. The molecule has 0 saturated carbocycles. The fraction of sp³-hybridized carbons (Fsp3) is 0.167. The molecule has 0 spiro atoms. The van der Waals surface area contributed by atoms with E-state index in [1.165, 1.54) is 6.07 Å². The molecular formula is C24H22FN3O. The fourth-order valence-electron chi connectivity index (χ4n) is 3.62. The molecule has 2 heterocycles. The highest BCUT2D eigenvalue weighted by Crippen LogP contribution is 2.26. The Labute approximate surface area is 169 Å². The van der Waals surface area contributed by atoms with Gasteiger partial charge in [0.25, 0.3) is 5.91 Å². The van der Waals surface area contributed by atoms with E-state index in [4.69, 9.17) is 0 Å². The minimum absolute atomic E-state index is 0.0633. The number of fused-ring (bicyclic) bond motifs is 1. The molecule has 0 bridgehead atoms. The molecule has 0 aliphatic heterocycles. The molecule has 0 radical (unpaired) electrons. The van der Waals surface area contributed by atoms with E-state index in [1.807, 2.05) is 66.9 Å². The van der Waals surface area contributed by atoms with Gasteiger partial charge in [0.15, 0.2) is 0 Å². The van der Waals surface area contributed by atoms with E-state index in [1.54, 1.807) is 29.4 Å². The first-order valence-electron chi connectivity index (χ1n) is 9.61. The summed E-state index contributed by atoms with van der Waals surface area (Å²) in [6.45, 7) is 4.21. The SMILES string of the molecule is CC(C)N(C(=O)c1cc2ccccc2n1Cc1ccccc1F)c1cccnc1. The van der Waals surface area contributed by atoms with Gasteiger partial charge in [-0.2, -0.15) is 0 Å². The van der Waals surface area contributed by atoms with Gasteiger partial charge < -0.3 is 9.47 Å². The van der Waals surface area contributed by atoms with Crippen LogP contribution in [0.25, 0.3) is 10.9 Å². The van der Waals surface area contributed by atoms with Gasteiger partial charge in [0.1, 0.15) is 11.5 Å². The van der Waals surface area contributed by atoms with Gasteiger partial charge in [-0.1, -0.05) is 36.4 Å². The quantitative estimate of drug-likeness (QED) is 0.467. The first-order chi connectivity index (χ1) is 14.1. The van der Waals surface area contributed by atoms with Gasteiger partial charge >= 0.3 is 0 Å². The molecule has 0 N–H and O–H groups in total. The van der Waals surface area contributed by atoms with Crippen molar-refractivity contribution in [3.63, 3.8) is 0 Å². The Morgan fingerprint density at radius 3 is 2.55 bits per heavy atom. The number of carbonyl (C=O) groups excluding carboxylic acids is 1. The molecule has 2 aromatic carbocycles. The molecule has 0 fully saturated rings. The standard InChI is InChI=1S/C24H22FN3O/c1-17(2)28(20-10-7-13-26-15-20)24(29)23-14-18-8-4-6-12-22(18)27(23)16-19-9-3-5-11-21(19)25/h3-15,17H,16H2,1-2H3.